The Morgan fingerprint density at radius 1 is 1.00 bits per heavy atom. The number of nitrogens with zero attached hydrogens (tertiary/aromatic N) is 1. The first-order chi connectivity index (χ1) is 21.2. The van der Waals surface area contributed by atoms with E-state index >= 15 is 0 Å². The molecule has 0 radical (unpaired) electrons. The van der Waals surface area contributed by atoms with Crippen LogP contribution in [-0.2, 0) is 25.5 Å². The molecule has 1 unspecified atom stereocenters. The monoisotopic (exact) mass is 648 g/mol. The lowest BCUT2D eigenvalue weighted by Gasteiger charge is -2.13. The summed E-state index contributed by atoms with van der Waals surface area (Å²) in [4.78, 5) is 55.6. The minimum Gasteiger partial charge on any atom is -0.466 e. The molecule has 226 valence electrons. The highest BCUT2D eigenvalue weighted by Crippen LogP contribution is 2.26. The fourth-order valence-electron chi connectivity index (χ4n) is 3.79. The molecule has 3 aromatic carbocycles. The smallest absolute Gasteiger partial charge is 0.311 e. The second-order valence-corrected chi connectivity index (χ2v) is 12.0. The average molecular weight is 649 g/mol. The number of carbonyl (C=O) groups excluding carboxylic acids is 4. The topological polar surface area (TPSA) is 126 Å². The van der Waals surface area contributed by atoms with Crippen molar-refractivity contribution < 1.29 is 23.9 Å². The van der Waals surface area contributed by atoms with Crippen molar-refractivity contribution in [1.29, 1.82) is 0 Å². The van der Waals surface area contributed by atoms with Crippen LogP contribution in [0.2, 0.25) is 5.02 Å². The van der Waals surface area contributed by atoms with Crippen LogP contribution in [0.25, 0.3) is 6.08 Å². The van der Waals surface area contributed by atoms with E-state index in [2.05, 4.69) is 20.9 Å². The number of thioether (sulfide) groups is 1. The summed E-state index contributed by atoms with van der Waals surface area (Å²) in [5, 5.41) is 10.4. The van der Waals surface area contributed by atoms with E-state index in [1.807, 2.05) is 0 Å². The van der Waals surface area contributed by atoms with Gasteiger partial charge < -0.3 is 20.7 Å². The molecule has 4 rings (SSSR count). The molecule has 1 aromatic heterocycles. The van der Waals surface area contributed by atoms with Gasteiger partial charge in [-0.2, -0.15) is 0 Å². The van der Waals surface area contributed by atoms with Crippen LogP contribution in [0.5, 0.6) is 0 Å². The van der Waals surface area contributed by atoms with Gasteiger partial charge in [-0.15, -0.1) is 23.1 Å². The van der Waals surface area contributed by atoms with Crippen LogP contribution in [0, 0.1) is 0 Å². The Hall–Kier alpha value is -4.45. The van der Waals surface area contributed by atoms with Crippen molar-refractivity contribution in [2.75, 3.05) is 17.2 Å². The van der Waals surface area contributed by atoms with E-state index in [4.69, 9.17) is 16.3 Å². The van der Waals surface area contributed by atoms with Gasteiger partial charge in [-0.25, -0.2) is 4.98 Å². The number of aromatic nitrogens is 1. The Morgan fingerprint density at radius 2 is 1.75 bits per heavy atom. The minimum atomic E-state index is -0.520. The van der Waals surface area contributed by atoms with Crippen molar-refractivity contribution in [3.63, 3.8) is 0 Å². The highest BCUT2D eigenvalue weighted by molar-refractivity contribution is 8.00. The number of thiazole rings is 1. The Balaban J connectivity index is 1.37. The maximum atomic E-state index is 13.3. The maximum Gasteiger partial charge on any atom is 0.311 e. The third-order valence-electron chi connectivity index (χ3n) is 5.90. The zero-order valence-electron chi connectivity index (χ0n) is 23.8. The summed E-state index contributed by atoms with van der Waals surface area (Å²) < 4.78 is 4.93. The summed E-state index contributed by atoms with van der Waals surface area (Å²) in [6, 6.07) is 22.5. The summed E-state index contributed by atoms with van der Waals surface area (Å²) in [5.74, 6) is -1.56. The lowest BCUT2D eigenvalue weighted by molar-refractivity contribution is -0.142. The van der Waals surface area contributed by atoms with Crippen molar-refractivity contribution in [1.82, 2.24) is 10.3 Å². The summed E-state index contributed by atoms with van der Waals surface area (Å²) in [6.45, 7) is 3.80. The van der Waals surface area contributed by atoms with Crippen molar-refractivity contribution >= 4 is 75.3 Å². The molecule has 0 saturated heterocycles. The van der Waals surface area contributed by atoms with E-state index in [9.17, 15) is 19.2 Å². The molecule has 9 nitrogen and oxygen atoms in total. The fraction of sp³-hybridized carbons (Fsp3) is 0.156. The molecule has 0 fully saturated rings. The molecule has 0 aliphatic carbocycles. The van der Waals surface area contributed by atoms with Crippen molar-refractivity contribution in [2.24, 2.45) is 0 Å². The number of esters is 1. The van der Waals surface area contributed by atoms with E-state index in [1.165, 1.54) is 23.1 Å². The first-order valence-electron chi connectivity index (χ1n) is 13.5. The largest absolute Gasteiger partial charge is 0.466 e. The van der Waals surface area contributed by atoms with Gasteiger partial charge >= 0.3 is 5.97 Å². The first kappa shape index (κ1) is 32.5. The van der Waals surface area contributed by atoms with Gasteiger partial charge in [-0.3, -0.25) is 19.2 Å². The number of nitrogens with one attached hydrogen (secondary N) is 3. The van der Waals surface area contributed by atoms with E-state index in [1.54, 1.807) is 104 Å². The van der Waals surface area contributed by atoms with E-state index < -0.39 is 17.1 Å². The van der Waals surface area contributed by atoms with Crippen LogP contribution in [0.3, 0.4) is 0 Å². The van der Waals surface area contributed by atoms with Gasteiger partial charge in [0.05, 0.1) is 24.0 Å². The fourth-order valence-corrected chi connectivity index (χ4v) is 5.57. The summed E-state index contributed by atoms with van der Waals surface area (Å²) >= 11 is 8.69. The third-order valence-corrected chi connectivity index (χ3v) is 8.05. The van der Waals surface area contributed by atoms with E-state index in [-0.39, 0.29) is 24.0 Å². The van der Waals surface area contributed by atoms with E-state index in [0.29, 0.717) is 39.3 Å². The Labute approximate surface area is 268 Å². The molecular weight excluding hydrogens is 620 g/mol. The van der Waals surface area contributed by atoms with Gasteiger partial charge in [0.1, 0.15) is 5.70 Å². The second-order valence-electron chi connectivity index (χ2n) is 9.29. The maximum absolute atomic E-state index is 13.3. The highest BCUT2D eigenvalue weighted by Gasteiger charge is 2.18. The molecule has 1 heterocycles. The molecule has 0 aliphatic heterocycles. The molecular formula is C32H29ClN4O5S2. The van der Waals surface area contributed by atoms with Gasteiger partial charge in [-0.1, -0.05) is 41.9 Å². The number of carbonyl (C=O) groups is 4. The SMILES string of the molecule is CCOC(=O)Cc1csc(NC(=O)C(C)Sc2ccc(NC(=O)/C(=C/c3cccc(Cl)c3)NC(=O)c3ccccc3)cc2)n1. The number of amides is 3. The Morgan fingerprint density at radius 3 is 2.45 bits per heavy atom. The first-order valence-corrected chi connectivity index (χ1v) is 15.7. The molecule has 0 spiro atoms. The van der Waals surface area contributed by atoms with Crippen molar-refractivity contribution in [2.45, 2.75) is 30.4 Å². The number of ether oxygens (including phenoxy) is 1. The molecule has 12 heteroatoms. The average Bonchev–Trinajstić information content (AvgIpc) is 3.44. The van der Waals surface area contributed by atoms with Gasteiger partial charge in [0.15, 0.2) is 5.13 Å². The van der Waals surface area contributed by atoms with E-state index in [0.717, 1.165) is 4.90 Å². The lowest BCUT2D eigenvalue weighted by atomic mass is 10.1. The van der Waals surface area contributed by atoms with Gasteiger partial charge in [0, 0.05) is 26.5 Å². The van der Waals surface area contributed by atoms with Crippen LogP contribution in [0.1, 0.15) is 35.5 Å². The van der Waals surface area contributed by atoms with Crippen LogP contribution < -0.4 is 16.0 Å². The number of hydrogen-bond donors (Lipinski definition) is 3. The van der Waals surface area contributed by atoms with Crippen LogP contribution in [0.15, 0.2) is 94.8 Å². The number of anilines is 2. The molecule has 3 amide bonds. The third kappa shape index (κ3) is 9.80. The molecule has 1 atom stereocenters. The molecule has 4 aromatic rings. The summed E-state index contributed by atoms with van der Waals surface area (Å²) in [5.41, 5.74) is 2.12. The second kappa shape index (κ2) is 15.9. The predicted octanol–water partition coefficient (Wildman–Crippen LogP) is 6.43. The zero-order chi connectivity index (χ0) is 31.5. The van der Waals surface area contributed by atoms with Crippen molar-refractivity contribution in [3.8, 4) is 0 Å². The van der Waals surface area contributed by atoms with Gasteiger partial charge in [0.25, 0.3) is 11.8 Å². The summed E-state index contributed by atoms with van der Waals surface area (Å²) in [6.07, 6.45) is 1.60. The van der Waals surface area contributed by atoms with Crippen LogP contribution in [-0.4, -0.2) is 40.5 Å². The van der Waals surface area contributed by atoms with Crippen molar-refractivity contribution in [3.05, 3.63) is 112 Å². The normalized spacial score (nSPS) is 11.8. The van der Waals surface area contributed by atoms with Crippen LogP contribution >= 0.6 is 34.7 Å². The lowest BCUT2D eigenvalue weighted by Crippen LogP contribution is -2.30. The number of halogens is 1. The molecule has 44 heavy (non-hydrogen) atoms. The molecule has 0 aliphatic rings. The van der Waals surface area contributed by atoms with Crippen LogP contribution in [0.4, 0.5) is 10.8 Å². The summed E-state index contributed by atoms with van der Waals surface area (Å²) in [7, 11) is 0. The molecule has 3 N–H and O–H groups in total. The number of rotatable bonds is 12. The Bertz CT molecular complexity index is 1660. The minimum absolute atomic E-state index is 0.0393. The molecule has 0 bridgehead atoms. The van der Waals surface area contributed by atoms with Gasteiger partial charge in [-0.05, 0) is 74.0 Å². The number of benzene rings is 3. The quantitative estimate of drug-likeness (QED) is 0.0918. The number of hydrogen-bond acceptors (Lipinski definition) is 8. The highest BCUT2D eigenvalue weighted by atomic mass is 35.5. The van der Waals surface area contributed by atoms with Gasteiger partial charge in [0.2, 0.25) is 5.91 Å². The Kier molecular flexibility index (Phi) is 11.7. The standard InChI is InChI=1S/C32H29ClN4O5S2/c1-3-42-28(38)18-25-19-43-32(35-25)37-29(39)20(2)44-26-14-12-24(13-15-26)34-31(41)27(17-21-8-7-11-23(33)16-21)36-30(40)22-9-5-4-6-10-22/h4-17,19-20H,3,18H2,1-2H3,(H,34,41)(H,36,40)(H,35,37,39)/b27-17-. The predicted molar refractivity (Wildman–Crippen MR) is 175 cm³/mol. The molecule has 0 saturated carbocycles. The zero-order valence-corrected chi connectivity index (χ0v) is 26.2.